The van der Waals surface area contributed by atoms with Gasteiger partial charge in [0.25, 0.3) is 5.91 Å². The number of aromatic nitrogens is 3. The number of carbonyl (C=O) groups excluding carboxylic acids is 1. The summed E-state index contributed by atoms with van der Waals surface area (Å²) >= 11 is 1.46. The lowest BCUT2D eigenvalue weighted by Gasteiger charge is -2.18. The van der Waals surface area contributed by atoms with Crippen molar-refractivity contribution in [3.8, 4) is 5.75 Å². The van der Waals surface area contributed by atoms with Gasteiger partial charge in [0.1, 0.15) is 11.4 Å². The third-order valence-electron chi connectivity index (χ3n) is 5.68. The molecule has 0 unspecified atom stereocenters. The van der Waals surface area contributed by atoms with E-state index in [0.717, 1.165) is 11.3 Å². The number of hydrogen-bond acceptors (Lipinski definition) is 6. The van der Waals surface area contributed by atoms with Crippen molar-refractivity contribution in [3.63, 3.8) is 0 Å². The second-order valence-electron chi connectivity index (χ2n) is 8.44. The lowest BCUT2D eigenvalue weighted by Crippen LogP contribution is -2.30. The lowest BCUT2D eigenvalue weighted by atomic mass is 10.0. The van der Waals surface area contributed by atoms with Crippen LogP contribution in [0.15, 0.2) is 83.9 Å². The minimum atomic E-state index is -0.176. The largest absolute Gasteiger partial charge is 0.497 e. The maximum atomic E-state index is 13.5. The first-order valence-electron chi connectivity index (χ1n) is 11.3. The molecule has 0 spiro atoms. The van der Waals surface area contributed by atoms with Crippen molar-refractivity contribution in [2.45, 2.75) is 25.5 Å². The van der Waals surface area contributed by atoms with Gasteiger partial charge in [0.15, 0.2) is 5.17 Å². The standard InChI is InChI=1S/C27H25N5O2S/c1-18(2)20-10-8-19(9-11-20)14-24-25(33)32(22-6-4-7-23(15-22)34-3)27(30-24)35-17-21-16-31-13-5-12-28-26(31)29-21/h4-16,18H,17H2,1-3H3/b24-14+. The third-order valence-corrected chi connectivity index (χ3v) is 6.65. The van der Waals surface area contributed by atoms with Crippen LogP contribution in [-0.2, 0) is 10.5 Å². The van der Waals surface area contributed by atoms with Crippen LogP contribution in [-0.4, -0.2) is 32.6 Å². The molecule has 5 rings (SSSR count). The summed E-state index contributed by atoms with van der Waals surface area (Å²) in [6, 6.07) is 17.5. The molecule has 0 saturated heterocycles. The Hall–Kier alpha value is -3.91. The highest BCUT2D eigenvalue weighted by Gasteiger charge is 2.32. The third kappa shape index (κ3) is 4.83. The number of rotatable bonds is 6. The molecule has 0 bridgehead atoms. The molecular weight excluding hydrogens is 458 g/mol. The maximum absolute atomic E-state index is 13.5. The van der Waals surface area contributed by atoms with Gasteiger partial charge in [-0.25, -0.2) is 15.0 Å². The quantitative estimate of drug-likeness (QED) is 0.337. The highest BCUT2D eigenvalue weighted by Crippen LogP contribution is 2.32. The Bertz CT molecular complexity index is 1410. The lowest BCUT2D eigenvalue weighted by molar-refractivity contribution is -0.113. The molecule has 1 amide bonds. The molecule has 2 aromatic heterocycles. The molecule has 0 fully saturated rings. The fourth-order valence-corrected chi connectivity index (χ4v) is 4.69. The van der Waals surface area contributed by atoms with E-state index in [0.29, 0.717) is 39.8 Å². The Kier molecular flexibility index (Phi) is 6.37. The first-order chi connectivity index (χ1) is 17.0. The van der Waals surface area contributed by atoms with E-state index in [9.17, 15) is 4.79 Å². The Morgan fingerprint density at radius 1 is 1.11 bits per heavy atom. The fourth-order valence-electron chi connectivity index (χ4n) is 3.79. The fraction of sp³-hybridized carbons (Fsp3) is 0.185. The first-order valence-corrected chi connectivity index (χ1v) is 12.3. The number of nitrogens with zero attached hydrogens (tertiary/aromatic N) is 5. The number of benzene rings is 2. The van der Waals surface area contributed by atoms with Crippen molar-refractivity contribution in [3.05, 3.63) is 95.7 Å². The van der Waals surface area contributed by atoms with Crippen molar-refractivity contribution < 1.29 is 9.53 Å². The summed E-state index contributed by atoms with van der Waals surface area (Å²) in [6.45, 7) is 4.32. The van der Waals surface area contributed by atoms with E-state index in [1.807, 2.05) is 65.3 Å². The molecule has 0 atom stereocenters. The van der Waals surface area contributed by atoms with Gasteiger partial charge >= 0.3 is 0 Å². The van der Waals surface area contributed by atoms with Gasteiger partial charge in [0.05, 0.1) is 18.5 Å². The zero-order valence-electron chi connectivity index (χ0n) is 19.8. The van der Waals surface area contributed by atoms with Crippen molar-refractivity contribution in [2.24, 2.45) is 4.99 Å². The summed E-state index contributed by atoms with van der Waals surface area (Å²) in [6.07, 6.45) is 7.40. The van der Waals surface area contributed by atoms with Gasteiger partial charge in [-0.05, 0) is 41.3 Å². The number of amides is 1. The molecule has 0 saturated carbocycles. The van der Waals surface area contributed by atoms with Crippen molar-refractivity contribution >= 4 is 40.4 Å². The Labute approximate surface area is 208 Å². The van der Waals surface area contributed by atoms with Gasteiger partial charge < -0.3 is 4.74 Å². The van der Waals surface area contributed by atoms with Gasteiger partial charge in [-0.2, -0.15) is 0 Å². The average Bonchev–Trinajstić information content (AvgIpc) is 3.43. The average molecular weight is 484 g/mol. The van der Waals surface area contributed by atoms with Gasteiger partial charge in [0, 0.05) is 30.4 Å². The van der Waals surface area contributed by atoms with Gasteiger partial charge in [0.2, 0.25) is 5.78 Å². The predicted octanol–water partition coefficient (Wildman–Crippen LogP) is 5.54. The number of fused-ring (bicyclic) bond motifs is 1. The molecular formula is C27H25N5O2S. The molecule has 1 aliphatic heterocycles. The summed E-state index contributed by atoms with van der Waals surface area (Å²) in [4.78, 5) is 28.7. The van der Waals surface area contributed by atoms with Crippen LogP contribution in [0.1, 0.15) is 36.6 Å². The summed E-state index contributed by atoms with van der Waals surface area (Å²) in [5, 5.41) is 0.596. The molecule has 176 valence electrons. The highest BCUT2D eigenvalue weighted by molar-refractivity contribution is 8.13. The van der Waals surface area contributed by atoms with E-state index in [-0.39, 0.29) is 5.91 Å². The van der Waals surface area contributed by atoms with E-state index in [4.69, 9.17) is 9.73 Å². The van der Waals surface area contributed by atoms with E-state index >= 15 is 0 Å². The second-order valence-corrected chi connectivity index (χ2v) is 9.38. The second kappa shape index (κ2) is 9.76. The number of carbonyl (C=O) groups is 1. The number of hydrogen-bond donors (Lipinski definition) is 0. The Morgan fingerprint density at radius 3 is 2.69 bits per heavy atom. The van der Waals surface area contributed by atoms with Gasteiger partial charge in [-0.15, -0.1) is 0 Å². The molecule has 7 nitrogen and oxygen atoms in total. The van der Waals surface area contributed by atoms with Crippen molar-refractivity contribution in [1.82, 2.24) is 14.4 Å². The van der Waals surface area contributed by atoms with E-state index in [2.05, 4.69) is 35.9 Å². The Balaban J connectivity index is 1.46. The van der Waals surface area contributed by atoms with Crippen LogP contribution >= 0.6 is 11.8 Å². The van der Waals surface area contributed by atoms with E-state index in [1.165, 1.54) is 17.3 Å². The molecule has 8 heteroatoms. The van der Waals surface area contributed by atoms with Crippen LogP contribution < -0.4 is 9.64 Å². The number of methoxy groups -OCH3 is 1. The van der Waals surface area contributed by atoms with Crippen LogP contribution in [0, 0.1) is 0 Å². The summed E-state index contributed by atoms with van der Waals surface area (Å²) < 4.78 is 7.26. The molecule has 0 radical (unpaired) electrons. The zero-order chi connectivity index (χ0) is 24.4. The summed E-state index contributed by atoms with van der Waals surface area (Å²) in [5.74, 6) is 2.14. The molecule has 0 aliphatic carbocycles. The van der Waals surface area contributed by atoms with E-state index in [1.54, 1.807) is 18.2 Å². The van der Waals surface area contributed by atoms with E-state index < -0.39 is 0 Å². The topological polar surface area (TPSA) is 72.1 Å². The van der Waals surface area contributed by atoms with Crippen LogP contribution in [0.5, 0.6) is 5.75 Å². The predicted molar refractivity (Wildman–Crippen MR) is 141 cm³/mol. The highest BCUT2D eigenvalue weighted by atomic mass is 32.2. The van der Waals surface area contributed by atoms with Crippen molar-refractivity contribution in [2.75, 3.05) is 12.0 Å². The molecule has 35 heavy (non-hydrogen) atoms. The van der Waals surface area contributed by atoms with Crippen molar-refractivity contribution in [1.29, 1.82) is 0 Å². The summed E-state index contributed by atoms with van der Waals surface area (Å²) in [5.41, 5.74) is 4.14. The van der Waals surface area contributed by atoms with Gasteiger partial charge in [-0.3, -0.25) is 14.1 Å². The number of ether oxygens (including phenoxy) is 1. The minimum absolute atomic E-state index is 0.176. The number of imidazole rings is 1. The number of thioether (sulfide) groups is 1. The number of anilines is 1. The monoisotopic (exact) mass is 483 g/mol. The normalized spacial score (nSPS) is 14.9. The number of aliphatic imine (C=N–C) groups is 1. The van der Waals surface area contributed by atoms with Crippen LogP contribution in [0.25, 0.3) is 11.9 Å². The van der Waals surface area contributed by atoms with Gasteiger partial charge in [-0.1, -0.05) is 55.9 Å². The molecule has 3 heterocycles. The van der Waals surface area contributed by atoms with Crippen LogP contribution in [0.3, 0.4) is 0 Å². The van der Waals surface area contributed by atoms with Crippen LogP contribution in [0.2, 0.25) is 0 Å². The minimum Gasteiger partial charge on any atom is -0.497 e. The Morgan fingerprint density at radius 2 is 1.94 bits per heavy atom. The molecule has 1 aliphatic rings. The smallest absolute Gasteiger partial charge is 0.283 e. The summed E-state index contributed by atoms with van der Waals surface area (Å²) in [7, 11) is 1.61. The molecule has 2 aromatic carbocycles. The van der Waals surface area contributed by atoms with Crippen LogP contribution in [0.4, 0.5) is 5.69 Å². The molecule has 0 N–H and O–H groups in total. The molecule has 4 aromatic rings. The maximum Gasteiger partial charge on any atom is 0.283 e. The SMILES string of the molecule is COc1cccc(N2C(=O)/C(=C\c3ccc(C(C)C)cc3)N=C2SCc2cn3cccnc3n2)c1. The first kappa shape index (κ1) is 22.9. The zero-order valence-corrected chi connectivity index (χ0v) is 20.6. The number of amidine groups is 1.